The third-order valence-corrected chi connectivity index (χ3v) is 2.71. The van der Waals surface area contributed by atoms with Crippen molar-refractivity contribution in [2.24, 2.45) is 11.3 Å². The van der Waals surface area contributed by atoms with Crippen molar-refractivity contribution in [3.63, 3.8) is 0 Å². The van der Waals surface area contributed by atoms with Crippen LogP contribution >= 0.6 is 0 Å². The minimum atomic E-state index is 0.716. The molecule has 1 aliphatic carbocycles. The van der Waals surface area contributed by atoms with E-state index in [2.05, 4.69) is 20.8 Å². The van der Waals surface area contributed by atoms with E-state index in [1.54, 1.807) is 0 Å². The van der Waals surface area contributed by atoms with E-state index >= 15 is 0 Å². The van der Waals surface area contributed by atoms with Gasteiger partial charge in [0.2, 0.25) is 0 Å². The molecule has 0 radical (unpaired) electrons. The Labute approximate surface area is 78.8 Å². The van der Waals surface area contributed by atoms with E-state index in [1.807, 2.05) is 13.8 Å². The van der Waals surface area contributed by atoms with Crippen molar-refractivity contribution in [3.05, 3.63) is 0 Å². The first-order chi connectivity index (χ1) is 5.62. The topological polar surface area (TPSA) is 0 Å². The van der Waals surface area contributed by atoms with E-state index in [-0.39, 0.29) is 0 Å². The van der Waals surface area contributed by atoms with Crippen LogP contribution in [0.25, 0.3) is 0 Å². The molecule has 0 nitrogen and oxygen atoms in total. The van der Waals surface area contributed by atoms with Crippen molar-refractivity contribution in [3.8, 4) is 0 Å². The molecule has 0 amide bonds. The average molecular weight is 170 g/mol. The van der Waals surface area contributed by atoms with E-state index in [1.165, 1.54) is 32.1 Å². The molecule has 0 bridgehead atoms. The fourth-order valence-corrected chi connectivity index (χ4v) is 2.42. The van der Waals surface area contributed by atoms with Gasteiger partial charge in [-0.25, -0.2) is 0 Å². The summed E-state index contributed by atoms with van der Waals surface area (Å²) in [5.41, 5.74) is 0.716. The quantitative estimate of drug-likeness (QED) is 0.566. The Bertz CT molecular complexity index is 96.6. The molecule has 0 aromatic carbocycles. The molecule has 1 rings (SSSR count). The maximum absolute atomic E-state index is 2.46. The molecule has 0 aromatic heterocycles. The lowest BCUT2D eigenvalue weighted by atomic mass is 9.81. The second-order valence-corrected chi connectivity index (χ2v) is 4.62. The van der Waals surface area contributed by atoms with Crippen LogP contribution in [0.5, 0.6) is 0 Å². The monoisotopic (exact) mass is 170 g/mol. The Morgan fingerprint density at radius 3 is 1.83 bits per heavy atom. The third kappa shape index (κ3) is 4.13. The number of hydrogen-bond donors (Lipinski definition) is 0. The van der Waals surface area contributed by atoms with Gasteiger partial charge in [0.25, 0.3) is 0 Å². The van der Waals surface area contributed by atoms with E-state index in [0.29, 0.717) is 5.41 Å². The Hall–Kier alpha value is 0. The third-order valence-electron chi connectivity index (χ3n) is 2.71. The highest BCUT2D eigenvalue weighted by atomic mass is 14.3. The van der Waals surface area contributed by atoms with E-state index in [4.69, 9.17) is 0 Å². The van der Waals surface area contributed by atoms with Crippen LogP contribution in [-0.4, -0.2) is 0 Å². The fourth-order valence-electron chi connectivity index (χ4n) is 2.42. The van der Waals surface area contributed by atoms with Crippen molar-refractivity contribution in [1.29, 1.82) is 0 Å². The molecule has 0 heteroatoms. The van der Waals surface area contributed by atoms with Crippen molar-refractivity contribution in [2.75, 3.05) is 0 Å². The molecule has 1 aliphatic rings. The molecule has 74 valence electrons. The maximum atomic E-state index is 2.46. The molecule has 0 aromatic rings. The summed E-state index contributed by atoms with van der Waals surface area (Å²) in [5, 5.41) is 0. The SMILES string of the molecule is CC.CC(C)CC1(C)CCCC1. The molecule has 0 aliphatic heterocycles. The largest absolute Gasteiger partial charge is 0.0683 e. The highest BCUT2D eigenvalue weighted by molar-refractivity contribution is 4.80. The van der Waals surface area contributed by atoms with Crippen LogP contribution in [-0.2, 0) is 0 Å². The van der Waals surface area contributed by atoms with Gasteiger partial charge in [-0.15, -0.1) is 0 Å². The molecule has 0 saturated heterocycles. The average Bonchev–Trinajstić information content (AvgIpc) is 2.38. The van der Waals surface area contributed by atoms with Gasteiger partial charge >= 0.3 is 0 Å². The summed E-state index contributed by atoms with van der Waals surface area (Å²) in [5.74, 6) is 0.892. The minimum Gasteiger partial charge on any atom is -0.0683 e. The van der Waals surface area contributed by atoms with Gasteiger partial charge in [-0.05, 0) is 30.6 Å². The van der Waals surface area contributed by atoms with Crippen LogP contribution in [0.15, 0.2) is 0 Å². The first-order valence-electron chi connectivity index (χ1n) is 5.62. The normalized spacial score (nSPS) is 20.5. The summed E-state index contributed by atoms with van der Waals surface area (Å²) in [6.07, 6.45) is 7.34. The van der Waals surface area contributed by atoms with Gasteiger partial charge in [0.05, 0.1) is 0 Å². The van der Waals surface area contributed by atoms with Crippen LogP contribution in [0.1, 0.15) is 66.7 Å². The van der Waals surface area contributed by atoms with Crippen LogP contribution in [0, 0.1) is 11.3 Å². The second-order valence-electron chi connectivity index (χ2n) is 4.62. The predicted molar refractivity (Wildman–Crippen MR) is 57.4 cm³/mol. The molecule has 0 unspecified atom stereocenters. The Morgan fingerprint density at radius 2 is 1.50 bits per heavy atom. The van der Waals surface area contributed by atoms with Crippen molar-refractivity contribution >= 4 is 0 Å². The van der Waals surface area contributed by atoms with Crippen molar-refractivity contribution in [1.82, 2.24) is 0 Å². The van der Waals surface area contributed by atoms with Gasteiger partial charge in [-0.1, -0.05) is 47.5 Å². The minimum absolute atomic E-state index is 0.716. The first kappa shape index (κ1) is 12.0. The van der Waals surface area contributed by atoms with Gasteiger partial charge in [-0.3, -0.25) is 0 Å². The molecule has 0 atom stereocenters. The lowest BCUT2D eigenvalue weighted by molar-refractivity contribution is 0.265. The summed E-state index contributed by atoms with van der Waals surface area (Å²) in [6.45, 7) is 11.1. The van der Waals surface area contributed by atoms with E-state index in [0.717, 1.165) is 5.92 Å². The molecule has 1 saturated carbocycles. The summed E-state index contributed by atoms with van der Waals surface area (Å²) >= 11 is 0. The Kier molecular flexibility index (Phi) is 5.61. The Morgan fingerprint density at radius 1 is 1.08 bits per heavy atom. The van der Waals surface area contributed by atoms with Gasteiger partial charge in [0, 0.05) is 0 Å². The zero-order valence-electron chi connectivity index (χ0n) is 9.61. The molecule has 0 spiro atoms. The lowest BCUT2D eigenvalue weighted by Gasteiger charge is -2.25. The van der Waals surface area contributed by atoms with Crippen LogP contribution in [0.3, 0.4) is 0 Å². The standard InChI is InChI=1S/C10H20.C2H6/c1-9(2)8-10(3)6-4-5-7-10;1-2/h9H,4-8H2,1-3H3;1-2H3. The predicted octanol–water partition coefficient (Wildman–Crippen LogP) is 4.64. The maximum Gasteiger partial charge on any atom is -0.0323 e. The molecule has 12 heavy (non-hydrogen) atoms. The molecular weight excluding hydrogens is 144 g/mol. The summed E-state index contributed by atoms with van der Waals surface area (Å²) < 4.78 is 0. The van der Waals surface area contributed by atoms with Crippen LogP contribution < -0.4 is 0 Å². The van der Waals surface area contributed by atoms with E-state index in [9.17, 15) is 0 Å². The van der Waals surface area contributed by atoms with Gasteiger partial charge in [-0.2, -0.15) is 0 Å². The Balaban J connectivity index is 0.000000561. The summed E-state index contributed by atoms with van der Waals surface area (Å²) in [6, 6.07) is 0. The molecule has 1 fully saturated rings. The van der Waals surface area contributed by atoms with Gasteiger partial charge < -0.3 is 0 Å². The number of hydrogen-bond acceptors (Lipinski definition) is 0. The number of rotatable bonds is 2. The van der Waals surface area contributed by atoms with E-state index < -0.39 is 0 Å². The molecule has 0 heterocycles. The highest BCUT2D eigenvalue weighted by Gasteiger charge is 2.28. The smallest absolute Gasteiger partial charge is 0.0323 e. The van der Waals surface area contributed by atoms with Gasteiger partial charge in [0.15, 0.2) is 0 Å². The zero-order chi connectivity index (χ0) is 9.61. The molecule has 0 N–H and O–H groups in total. The lowest BCUT2D eigenvalue weighted by Crippen LogP contribution is -2.13. The fraction of sp³-hybridized carbons (Fsp3) is 1.00. The first-order valence-corrected chi connectivity index (χ1v) is 5.62. The van der Waals surface area contributed by atoms with Gasteiger partial charge in [0.1, 0.15) is 0 Å². The second kappa shape index (κ2) is 5.61. The van der Waals surface area contributed by atoms with Crippen molar-refractivity contribution < 1.29 is 0 Å². The highest BCUT2D eigenvalue weighted by Crippen LogP contribution is 2.42. The van der Waals surface area contributed by atoms with Crippen LogP contribution in [0.2, 0.25) is 0 Å². The van der Waals surface area contributed by atoms with Crippen LogP contribution in [0.4, 0.5) is 0 Å². The summed E-state index contributed by atoms with van der Waals surface area (Å²) in [4.78, 5) is 0. The summed E-state index contributed by atoms with van der Waals surface area (Å²) in [7, 11) is 0. The van der Waals surface area contributed by atoms with Crippen molar-refractivity contribution in [2.45, 2.75) is 66.7 Å². The molecular formula is C12H26. The zero-order valence-corrected chi connectivity index (χ0v) is 9.61.